The van der Waals surface area contributed by atoms with E-state index in [1.54, 1.807) is 16.9 Å². The predicted octanol–water partition coefficient (Wildman–Crippen LogP) is 2.30. The summed E-state index contributed by atoms with van der Waals surface area (Å²) in [5.41, 5.74) is 0.629. The SMILES string of the molecule is COCN1CCCN(CCNC(=O)c2ccc3ccccc3c2)C1=O. The van der Waals surface area contributed by atoms with Crippen molar-refractivity contribution in [3.8, 4) is 0 Å². The van der Waals surface area contributed by atoms with Crippen molar-refractivity contribution in [2.75, 3.05) is 40.0 Å². The lowest BCUT2D eigenvalue weighted by atomic mass is 10.1. The van der Waals surface area contributed by atoms with Crippen LogP contribution in [0.3, 0.4) is 0 Å². The van der Waals surface area contributed by atoms with Crippen LogP contribution in [0.25, 0.3) is 10.8 Å². The molecule has 3 rings (SSSR count). The van der Waals surface area contributed by atoms with E-state index >= 15 is 0 Å². The third-order valence-electron chi connectivity index (χ3n) is 4.36. The highest BCUT2D eigenvalue weighted by molar-refractivity contribution is 5.98. The molecule has 6 heteroatoms. The van der Waals surface area contributed by atoms with Gasteiger partial charge >= 0.3 is 6.03 Å². The molecule has 0 bridgehead atoms. The molecule has 1 aliphatic rings. The average Bonchev–Trinajstić information content (AvgIpc) is 2.64. The lowest BCUT2D eigenvalue weighted by Crippen LogP contribution is -2.51. The van der Waals surface area contributed by atoms with Gasteiger partial charge in [-0.05, 0) is 29.3 Å². The minimum Gasteiger partial charge on any atom is -0.364 e. The van der Waals surface area contributed by atoms with Gasteiger partial charge in [-0.2, -0.15) is 0 Å². The summed E-state index contributed by atoms with van der Waals surface area (Å²) in [5.74, 6) is -0.121. The Morgan fingerprint density at radius 3 is 2.68 bits per heavy atom. The van der Waals surface area contributed by atoms with Gasteiger partial charge in [-0.3, -0.25) is 4.79 Å². The first kappa shape index (κ1) is 17.2. The van der Waals surface area contributed by atoms with Crippen LogP contribution in [0.15, 0.2) is 42.5 Å². The molecule has 25 heavy (non-hydrogen) atoms. The number of amides is 3. The molecule has 6 nitrogen and oxygen atoms in total. The average molecular weight is 341 g/mol. The molecular weight excluding hydrogens is 318 g/mol. The van der Waals surface area contributed by atoms with Gasteiger partial charge < -0.3 is 19.9 Å². The van der Waals surface area contributed by atoms with E-state index < -0.39 is 0 Å². The highest BCUT2D eigenvalue weighted by Gasteiger charge is 2.24. The Hall–Kier alpha value is -2.60. The van der Waals surface area contributed by atoms with Crippen molar-refractivity contribution < 1.29 is 14.3 Å². The summed E-state index contributed by atoms with van der Waals surface area (Å²) < 4.78 is 5.04. The van der Waals surface area contributed by atoms with Crippen molar-refractivity contribution in [3.05, 3.63) is 48.0 Å². The summed E-state index contributed by atoms with van der Waals surface area (Å²) in [6.07, 6.45) is 0.910. The van der Waals surface area contributed by atoms with E-state index in [9.17, 15) is 9.59 Å². The van der Waals surface area contributed by atoms with Crippen molar-refractivity contribution in [2.24, 2.45) is 0 Å². The lowest BCUT2D eigenvalue weighted by Gasteiger charge is -2.35. The van der Waals surface area contributed by atoms with Gasteiger partial charge in [0.2, 0.25) is 0 Å². The number of carbonyl (C=O) groups is 2. The summed E-state index contributed by atoms with van der Waals surface area (Å²) in [7, 11) is 1.58. The molecule has 0 aliphatic carbocycles. The van der Waals surface area contributed by atoms with Gasteiger partial charge in [0.1, 0.15) is 6.73 Å². The Morgan fingerprint density at radius 1 is 1.12 bits per heavy atom. The second kappa shape index (κ2) is 7.98. The summed E-state index contributed by atoms with van der Waals surface area (Å²) in [4.78, 5) is 28.0. The molecule has 1 saturated heterocycles. The van der Waals surface area contributed by atoms with Gasteiger partial charge in [0.25, 0.3) is 5.91 Å². The first-order chi connectivity index (χ1) is 12.2. The van der Waals surface area contributed by atoms with E-state index in [0.717, 1.165) is 17.2 Å². The molecule has 0 saturated carbocycles. The first-order valence-electron chi connectivity index (χ1n) is 8.49. The molecule has 1 fully saturated rings. The Morgan fingerprint density at radius 2 is 1.88 bits per heavy atom. The number of methoxy groups -OCH3 is 1. The Kier molecular flexibility index (Phi) is 5.50. The van der Waals surface area contributed by atoms with E-state index in [2.05, 4.69) is 5.32 Å². The molecular formula is C19H23N3O3. The number of nitrogens with one attached hydrogen (secondary N) is 1. The summed E-state index contributed by atoms with van der Waals surface area (Å²) in [5, 5.41) is 5.04. The van der Waals surface area contributed by atoms with Crippen LogP contribution in [-0.4, -0.2) is 61.8 Å². The summed E-state index contributed by atoms with van der Waals surface area (Å²) in [6, 6.07) is 13.6. The molecule has 1 heterocycles. The minimum atomic E-state index is -0.121. The maximum atomic E-state index is 12.3. The molecule has 0 aromatic heterocycles. The first-order valence-corrected chi connectivity index (χ1v) is 8.49. The minimum absolute atomic E-state index is 0.0342. The lowest BCUT2D eigenvalue weighted by molar-refractivity contribution is 0.0499. The van der Waals surface area contributed by atoms with E-state index in [0.29, 0.717) is 38.5 Å². The number of rotatable bonds is 6. The maximum absolute atomic E-state index is 12.3. The van der Waals surface area contributed by atoms with Gasteiger partial charge in [0.05, 0.1) is 0 Å². The fourth-order valence-electron chi connectivity index (χ4n) is 3.06. The quantitative estimate of drug-likeness (QED) is 0.877. The van der Waals surface area contributed by atoms with Crippen molar-refractivity contribution in [2.45, 2.75) is 6.42 Å². The number of fused-ring (bicyclic) bond motifs is 1. The smallest absolute Gasteiger partial charge is 0.321 e. The van der Waals surface area contributed by atoms with Crippen molar-refractivity contribution >= 4 is 22.7 Å². The number of benzene rings is 2. The zero-order valence-electron chi connectivity index (χ0n) is 14.4. The molecule has 132 valence electrons. The van der Waals surface area contributed by atoms with Gasteiger partial charge in [-0.15, -0.1) is 0 Å². The largest absolute Gasteiger partial charge is 0.364 e. The maximum Gasteiger partial charge on any atom is 0.321 e. The Bertz CT molecular complexity index is 760. The highest BCUT2D eigenvalue weighted by atomic mass is 16.5. The second-order valence-corrected chi connectivity index (χ2v) is 6.12. The number of hydrogen-bond acceptors (Lipinski definition) is 3. The molecule has 2 aromatic rings. The topological polar surface area (TPSA) is 61.9 Å². The molecule has 0 atom stereocenters. The molecule has 0 unspecified atom stereocenters. The van der Waals surface area contributed by atoms with Crippen LogP contribution in [0.2, 0.25) is 0 Å². The zero-order chi connectivity index (χ0) is 17.6. The fraction of sp³-hybridized carbons (Fsp3) is 0.368. The summed E-state index contributed by atoms with van der Waals surface area (Å²) >= 11 is 0. The van der Waals surface area contributed by atoms with Gasteiger partial charge in [0.15, 0.2) is 0 Å². The standard InChI is InChI=1S/C19H23N3O3/c1-25-14-22-11-4-10-21(19(22)24)12-9-20-18(23)17-8-7-15-5-2-3-6-16(15)13-17/h2-3,5-8,13H,4,9-12,14H2,1H3,(H,20,23). The monoisotopic (exact) mass is 341 g/mol. The molecule has 1 N–H and O–H groups in total. The third kappa shape index (κ3) is 4.09. The summed E-state index contributed by atoms with van der Waals surface area (Å²) in [6.45, 7) is 2.66. The van der Waals surface area contributed by atoms with Gasteiger partial charge in [0, 0.05) is 38.9 Å². The van der Waals surface area contributed by atoms with Crippen LogP contribution < -0.4 is 5.32 Å². The number of nitrogens with zero attached hydrogens (tertiary/aromatic N) is 2. The normalized spacial score (nSPS) is 14.8. The third-order valence-corrected chi connectivity index (χ3v) is 4.36. The van der Waals surface area contributed by atoms with Crippen LogP contribution in [0.1, 0.15) is 16.8 Å². The molecule has 2 aromatic carbocycles. The Labute approximate surface area is 147 Å². The zero-order valence-corrected chi connectivity index (χ0v) is 14.4. The van der Waals surface area contributed by atoms with Crippen molar-refractivity contribution in [1.29, 1.82) is 0 Å². The molecule has 0 spiro atoms. The van der Waals surface area contributed by atoms with Crippen LogP contribution >= 0.6 is 0 Å². The predicted molar refractivity (Wildman–Crippen MR) is 96.4 cm³/mol. The number of urea groups is 1. The van der Waals surface area contributed by atoms with Crippen LogP contribution in [-0.2, 0) is 4.74 Å². The van der Waals surface area contributed by atoms with Crippen molar-refractivity contribution in [1.82, 2.24) is 15.1 Å². The van der Waals surface area contributed by atoms with Gasteiger partial charge in [-0.25, -0.2) is 4.79 Å². The number of hydrogen-bond donors (Lipinski definition) is 1. The Balaban J connectivity index is 1.54. The van der Waals surface area contributed by atoms with E-state index in [1.807, 2.05) is 42.5 Å². The van der Waals surface area contributed by atoms with E-state index in [4.69, 9.17) is 4.74 Å². The highest BCUT2D eigenvalue weighted by Crippen LogP contribution is 2.15. The number of ether oxygens (including phenoxy) is 1. The molecule has 3 amide bonds. The molecule has 1 aliphatic heterocycles. The van der Waals surface area contributed by atoms with Crippen LogP contribution in [0.5, 0.6) is 0 Å². The fourth-order valence-corrected chi connectivity index (χ4v) is 3.06. The van der Waals surface area contributed by atoms with E-state index in [1.165, 1.54) is 0 Å². The molecule has 0 radical (unpaired) electrons. The van der Waals surface area contributed by atoms with Gasteiger partial charge in [-0.1, -0.05) is 30.3 Å². The van der Waals surface area contributed by atoms with Crippen LogP contribution in [0.4, 0.5) is 4.79 Å². The second-order valence-electron chi connectivity index (χ2n) is 6.12. The van der Waals surface area contributed by atoms with E-state index in [-0.39, 0.29) is 11.9 Å². The number of carbonyl (C=O) groups excluding carboxylic acids is 2. The van der Waals surface area contributed by atoms with Crippen molar-refractivity contribution in [3.63, 3.8) is 0 Å². The van der Waals surface area contributed by atoms with Crippen LogP contribution in [0, 0.1) is 0 Å².